The minimum atomic E-state index is -4.24. The summed E-state index contributed by atoms with van der Waals surface area (Å²) in [6.07, 6.45) is 0.970. The standard InChI is InChI=1S/C36H40BrN3O5S/c1-5-27(3)38-36(42)33(22-28-12-8-6-9-13-28)39(24-29-14-10-7-11-15-29)35(41)25-40(30-18-16-26(2)17-19-30)46(43,44)31-20-21-34(45-4)32(37)23-31/h6-21,23,27,33H,5,22,24-25H2,1-4H3,(H,38,42)/t27-,33-/m0/s1. The summed E-state index contributed by atoms with van der Waals surface area (Å²) in [6.45, 7) is 5.39. The average molecular weight is 707 g/mol. The summed E-state index contributed by atoms with van der Waals surface area (Å²) in [5.74, 6) is -0.339. The summed E-state index contributed by atoms with van der Waals surface area (Å²) in [5.41, 5.74) is 2.96. The van der Waals surface area contributed by atoms with Gasteiger partial charge in [0.15, 0.2) is 0 Å². The summed E-state index contributed by atoms with van der Waals surface area (Å²) in [7, 11) is -2.75. The molecule has 0 unspecified atom stereocenters. The Hall–Kier alpha value is -4.15. The highest BCUT2D eigenvalue weighted by Crippen LogP contribution is 2.31. The molecule has 0 bridgehead atoms. The molecule has 0 spiro atoms. The molecule has 0 aromatic heterocycles. The molecule has 2 atom stereocenters. The smallest absolute Gasteiger partial charge is 0.264 e. The van der Waals surface area contributed by atoms with Gasteiger partial charge in [0, 0.05) is 19.0 Å². The van der Waals surface area contributed by atoms with Crippen LogP contribution in [0.3, 0.4) is 0 Å². The highest BCUT2D eigenvalue weighted by atomic mass is 79.9. The Morgan fingerprint density at radius 2 is 1.50 bits per heavy atom. The van der Waals surface area contributed by atoms with Crippen LogP contribution >= 0.6 is 15.9 Å². The number of methoxy groups -OCH3 is 1. The lowest BCUT2D eigenvalue weighted by Crippen LogP contribution is -2.54. The van der Waals surface area contributed by atoms with E-state index in [1.807, 2.05) is 81.4 Å². The lowest BCUT2D eigenvalue weighted by Gasteiger charge is -2.34. The summed E-state index contributed by atoms with van der Waals surface area (Å²) in [6, 6.07) is 29.3. The maximum atomic E-state index is 14.5. The van der Waals surface area contributed by atoms with Gasteiger partial charge in [0.25, 0.3) is 10.0 Å². The summed E-state index contributed by atoms with van der Waals surface area (Å²) in [4.78, 5) is 29.9. The Labute approximate surface area is 280 Å². The number of ether oxygens (including phenoxy) is 1. The van der Waals surface area contributed by atoms with Crippen LogP contribution in [-0.2, 0) is 32.6 Å². The number of amides is 2. The molecule has 0 aliphatic heterocycles. The van der Waals surface area contributed by atoms with Gasteiger partial charge in [-0.15, -0.1) is 0 Å². The minimum absolute atomic E-state index is 0.0153. The summed E-state index contributed by atoms with van der Waals surface area (Å²) < 4.78 is 35.4. The Bertz CT molecular complexity index is 1720. The maximum absolute atomic E-state index is 14.5. The van der Waals surface area contributed by atoms with Crippen LogP contribution in [-0.4, -0.2) is 50.9 Å². The van der Waals surface area contributed by atoms with Crippen molar-refractivity contribution in [1.29, 1.82) is 0 Å². The molecule has 4 aromatic carbocycles. The number of rotatable bonds is 14. The fraction of sp³-hybridized carbons (Fsp3) is 0.278. The van der Waals surface area contributed by atoms with Crippen LogP contribution in [0, 0.1) is 6.92 Å². The molecule has 0 aliphatic rings. The fourth-order valence-corrected chi connectivity index (χ4v) is 7.08. The van der Waals surface area contributed by atoms with E-state index in [1.54, 1.807) is 30.3 Å². The third kappa shape index (κ3) is 8.76. The Morgan fingerprint density at radius 1 is 0.891 bits per heavy atom. The van der Waals surface area contributed by atoms with E-state index in [2.05, 4.69) is 21.2 Å². The van der Waals surface area contributed by atoms with Gasteiger partial charge in [0.1, 0.15) is 18.3 Å². The zero-order valence-corrected chi connectivity index (χ0v) is 28.9. The number of sulfonamides is 1. The van der Waals surface area contributed by atoms with E-state index in [0.29, 0.717) is 22.3 Å². The highest BCUT2D eigenvalue weighted by molar-refractivity contribution is 9.10. The quantitative estimate of drug-likeness (QED) is 0.161. The zero-order chi connectivity index (χ0) is 33.3. The van der Waals surface area contributed by atoms with E-state index in [0.717, 1.165) is 21.0 Å². The van der Waals surface area contributed by atoms with Gasteiger partial charge in [-0.1, -0.05) is 85.3 Å². The van der Waals surface area contributed by atoms with Crippen LogP contribution in [0.2, 0.25) is 0 Å². The second-order valence-corrected chi connectivity index (χ2v) is 13.9. The molecule has 46 heavy (non-hydrogen) atoms. The number of hydrogen-bond acceptors (Lipinski definition) is 5. The van der Waals surface area contributed by atoms with E-state index in [-0.39, 0.29) is 29.8 Å². The van der Waals surface area contributed by atoms with E-state index < -0.39 is 28.5 Å². The first-order chi connectivity index (χ1) is 22.0. The number of carbonyl (C=O) groups is 2. The van der Waals surface area contributed by atoms with Crippen molar-refractivity contribution in [3.8, 4) is 5.75 Å². The van der Waals surface area contributed by atoms with Crippen LogP contribution in [0.5, 0.6) is 5.75 Å². The molecule has 0 radical (unpaired) electrons. The van der Waals surface area contributed by atoms with Gasteiger partial charge >= 0.3 is 0 Å². The van der Waals surface area contributed by atoms with Crippen molar-refractivity contribution in [2.45, 2.75) is 57.1 Å². The third-order valence-electron chi connectivity index (χ3n) is 7.78. The molecule has 8 nitrogen and oxygen atoms in total. The van der Waals surface area contributed by atoms with E-state index in [9.17, 15) is 18.0 Å². The molecule has 0 saturated carbocycles. The van der Waals surface area contributed by atoms with Crippen molar-refractivity contribution < 1.29 is 22.7 Å². The maximum Gasteiger partial charge on any atom is 0.264 e. The van der Waals surface area contributed by atoms with Gasteiger partial charge in [0.05, 0.1) is 22.2 Å². The molecule has 0 heterocycles. The number of halogens is 1. The number of anilines is 1. The van der Waals surface area contributed by atoms with E-state index in [4.69, 9.17) is 4.74 Å². The van der Waals surface area contributed by atoms with Crippen LogP contribution in [0.25, 0.3) is 0 Å². The fourth-order valence-electron chi connectivity index (χ4n) is 4.95. The highest BCUT2D eigenvalue weighted by Gasteiger charge is 2.35. The van der Waals surface area contributed by atoms with Crippen molar-refractivity contribution in [3.05, 3.63) is 124 Å². The van der Waals surface area contributed by atoms with Gasteiger partial charge in [0.2, 0.25) is 11.8 Å². The second kappa shape index (κ2) is 15.9. The normalized spacial score (nSPS) is 12.5. The molecular formula is C36H40BrN3O5S. The molecule has 0 saturated heterocycles. The molecule has 2 amide bonds. The molecule has 1 N–H and O–H groups in total. The predicted molar refractivity (Wildman–Crippen MR) is 185 cm³/mol. The Kier molecular flexibility index (Phi) is 12.0. The Morgan fingerprint density at radius 3 is 2.07 bits per heavy atom. The number of nitrogens with one attached hydrogen (secondary N) is 1. The lowest BCUT2D eigenvalue weighted by atomic mass is 10.0. The molecule has 10 heteroatoms. The third-order valence-corrected chi connectivity index (χ3v) is 10.2. The first-order valence-corrected chi connectivity index (χ1v) is 17.4. The van der Waals surface area contributed by atoms with E-state index in [1.165, 1.54) is 24.1 Å². The van der Waals surface area contributed by atoms with Crippen LogP contribution in [0.15, 0.2) is 112 Å². The van der Waals surface area contributed by atoms with Gasteiger partial charge in [-0.3, -0.25) is 13.9 Å². The van der Waals surface area contributed by atoms with Gasteiger partial charge in [-0.25, -0.2) is 8.42 Å². The van der Waals surface area contributed by atoms with Crippen molar-refractivity contribution in [3.63, 3.8) is 0 Å². The van der Waals surface area contributed by atoms with Gasteiger partial charge in [-0.05, 0) is 77.7 Å². The SMILES string of the molecule is CC[C@H](C)NC(=O)[C@H](Cc1ccccc1)N(Cc1ccccc1)C(=O)CN(c1ccc(C)cc1)S(=O)(=O)c1ccc(OC)c(Br)c1. The molecule has 0 fully saturated rings. The lowest BCUT2D eigenvalue weighted by molar-refractivity contribution is -0.140. The molecular weight excluding hydrogens is 666 g/mol. The number of nitrogens with zero attached hydrogens (tertiary/aromatic N) is 2. The molecule has 4 rings (SSSR count). The largest absolute Gasteiger partial charge is 0.496 e. The van der Waals surface area contributed by atoms with Crippen molar-refractivity contribution in [2.24, 2.45) is 0 Å². The monoisotopic (exact) mass is 705 g/mol. The topological polar surface area (TPSA) is 96.0 Å². The van der Waals surface area contributed by atoms with E-state index >= 15 is 0 Å². The summed E-state index contributed by atoms with van der Waals surface area (Å²) in [5, 5.41) is 3.05. The van der Waals surface area contributed by atoms with Crippen molar-refractivity contribution in [2.75, 3.05) is 18.0 Å². The van der Waals surface area contributed by atoms with Crippen molar-refractivity contribution >= 4 is 43.5 Å². The van der Waals surface area contributed by atoms with Crippen LogP contribution < -0.4 is 14.4 Å². The molecule has 242 valence electrons. The number of hydrogen-bond donors (Lipinski definition) is 1. The minimum Gasteiger partial charge on any atom is -0.496 e. The Balaban J connectivity index is 1.80. The van der Waals surface area contributed by atoms with Crippen LogP contribution in [0.4, 0.5) is 5.69 Å². The first kappa shape index (κ1) is 34.7. The van der Waals surface area contributed by atoms with Gasteiger partial charge < -0.3 is 15.0 Å². The predicted octanol–water partition coefficient (Wildman–Crippen LogP) is 6.52. The van der Waals surface area contributed by atoms with Gasteiger partial charge in [-0.2, -0.15) is 0 Å². The molecule has 4 aromatic rings. The molecule has 0 aliphatic carbocycles. The number of carbonyl (C=O) groups excluding carboxylic acids is 2. The second-order valence-electron chi connectivity index (χ2n) is 11.2. The zero-order valence-electron chi connectivity index (χ0n) is 26.5. The average Bonchev–Trinajstić information content (AvgIpc) is 3.06. The number of aryl methyl sites for hydroxylation is 1. The number of benzene rings is 4. The summed E-state index contributed by atoms with van der Waals surface area (Å²) >= 11 is 3.39. The van der Waals surface area contributed by atoms with Crippen molar-refractivity contribution in [1.82, 2.24) is 10.2 Å². The first-order valence-electron chi connectivity index (χ1n) is 15.1. The van der Waals surface area contributed by atoms with Crippen LogP contribution in [0.1, 0.15) is 37.0 Å².